The fourth-order valence-electron chi connectivity index (χ4n) is 3.85. The Morgan fingerprint density at radius 1 is 1.25 bits per heavy atom. The smallest absolute Gasteiger partial charge is 0.341 e. The summed E-state index contributed by atoms with van der Waals surface area (Å²) in [6.07, 6.45) is 0.690. The zero-order valence-corrected chi connectivity index (χ0v) is 19.7. The molecule has 0 saturated carbocycles. The summed E-state index contributed by atoms with van der Waals surface area (Å²) in [7, 11) is 0. The van der Waals surface area contributed by atoms with Crippen LogP contribution in [-0.2, 0) is 16.7 Å². The van der Waals surface area contributed by atoms with Gasteiger partial charge < -0.3 is 15.4 Å². The van der Waals surface area contributed by atoms with Crippen LogP contribution in [0.3, 0.4) is 0 Å². The Morgan fingerprint density at radius 2 is 1.93 bits per heavy atom. The lowest BCUT2D eigenvalue weighted by atomic mass is 9.81. The molecule has 0 spiro atoms. The highest BCUT2D eigenvalue weighted by Gasteiger charge is 2.42. The Labute approximate surface area is 183 Å². The van der Waals surface area contributed by atoms with E-state index in [9.17, 15) is 9.59 Å². The fourth-order valence-corrected chi connectivity index (χ4v) is 5.74. The highest BCUT2D eigenvalue weighted by molar-refractivity contribution is 14.1. The minimum absolute atomic E-state index is 0.172. The molecular weight excluding hydrogens is 487 g/mol. The van der Waals surface area contributed by atoms with Gasteiger partial charge in [-0.05, 0) is 81.3 Å². The van der Waals surface area contributed by atoms with E-state index in [-0.39, 0.29) is 23.0 Å². The molecule has 1 aliphatic heterocycles. The molecule has 0 bridgehead atoms. The molecule has 1 amide bonds. The SMILES string of the molecule is CCOC(=O)c1c(NC(=O)c2ccccc2I)sc2c1CC(C)(C)NC2(C)C. The molecule has 1 aromatic carbocycles. The Morgan fingerprint density at radius 3 is 2.57 bits per heavy atom. The molecule has 7 heteroatoms. The molecule has 28 heavy (non-hydrogen) atoms. The Bertz CT molecular complexity index is 934. The van der Waals surface area contributed by atoms with E-state index in [0.29, 0.717) is 29.2 Å². The van der Waals surface area contributed by atoms with Gasteiger partial charge >= 0.3 is 5.97 Å². The number of amides is 1. The lowest BCUT2D eigenvalue weighted by molar-refractivity contribution is 0.0526. The van der Waals surface area contributed by atoms with Gasteiger partial charge in [0.15, 0.2) is 0 Å². The second-order valence-corrected chi connectivity index (χ2v) is 10.3. The summed E-state index contributed by atoms with van der Waals surface area (Å²) in [5.41, 5.74) is 1.56. The van der Waals surface area contributed by atoms with Gasteiger partial charge in [-0.15, -0.1) is 11.3 Å². The quantitative estimate of drug-likeness (QED) is 0.450. The van der Waals surface area contributed by atoms with Gasteiger partial charge in [0.25, 0.3) is 5.91 Å². The average Bonchev–Trinajstić information content (AvgIpc) is 2.92. The molecule has 150 valence electrons. The average molecular weight is 512 g/mol. The summed E-state index contributed by atoms with van der Waals surface area (Å²) in [5.74, 6) is -0.606. The molecule has 0 saturated heterocycles. The molecule has 0 fully saturated rings. The molecule has 2 N–H and O–H groups in total. The van der Waals surface area contributed by atoms with Gasteiger partial charge in [-0.3, -0.25) is 4.79 Å². The van der Waals surface area contributed by atoms with Crippen molar-refractivity contribution in [3.05, 3.63) is 49.4 Å². The number of rotatable bonds is 4. The third-order valence-electron chi connectivity index (χ3n) is 4.67. The Hall–Kier alpha value is -1.45. The third-order valence-corrected chi connectivity index (χ3v) is 7.08. The lowest BCUT2D eigenvalue weighted by Gasteiger charge is -2.42. The number of ether oxygens (including phenoxy) is 1. The molecule has 1 aromatic heterocycles. The fraction of sp³-hybridized carbons (Fsp3) is 0.429. The van der Waals surface area contributed by atoms with Crippen molar-refractivity contribution in [3.63, 3.8) is 0 Å². The number of nitrogens with one attached hydrogen (secondary N) is 2. The van der Waals surface area contributed by atoms with Gasteiger partial charge in [0.05, 0.1) is 17.7 Å². The number of thiophene rings is 1. The molecule has 2 aromatic rings. The summed E-state index contributed by atoms with van der Waals surface area (Å²) in [6.45, 7) is 10.5. The van der Waals surface area contributed by atoms with Crippen LogP contribution in [0.25, 0.3) is 0 Å². The number of hydrogen-bond acceptors (Lipinski definition) is 5. The van der Waals surface area contributed by atoms with Crippen LogP contribution >= 0.6 is 33.9 Å². The zero-order valence-electron chi connectivity index (χ0n) is 16.7. The summed E-state index contributed by atoms with van der Waals surface area (Å²) in [5, 5.41) is 7.17. The van der Waals surface area contributed by atoms with Gasteiger partial charge in [-0.25, -0.2) is 4.79 Å². The van der Waals surface area contributed by atoms with Gasteiger partial charge in [-0.2, -0.15) is 0 Å². The van der Waals surface area contributed by atoms with E-state index in [0.717, 1.165) is 14.0 Å². The zero-order chi connectivity index (χ0) is 20.7. The second kappa shape index (κ2) is 7.76. The van der Waals surface area contributed by atoms with Crippen LogP contribution in [-0.4, -0.2) is 24.0 Å². The first-order valence-corrected chi connectivity index (χ1v) is 11.1. The van der Waals surface area contributed by atoms with Crippen LogP contribution in [0.5, 0.6) is 0 Å². The van der Waals surface area contributed by atoms with Crippen molar-refractivity contribution in [1.82, 2.24) is 5.32 Å². The maximum atomic E-state index is 12.9. The number of fused-ring (bicyclic) bond motifs is 1. The van der Waals surface area contributed by atoms with E-state index in [1.54, 1.807) is 13.0 Å². The number of carbonyl (C=O) groups is 2. The maximum absolute atomic E-state index is 12.9. The van der Waals surface area contributed by atoms with Gasteiger partial charge in [0.1, 0.15) is 5.00 Å². The summed E-state index contributed by atoms with van der Waals surface area (Å²) >= 11 is 3.60. The van der Waals surface area contributed by atoms with Crippen LogP contribution in [0.15, 0.2) is 24.3 Å². The molecule has 5 nitrogen and oxygen atoms in total. The number of carbonyl (C=O) groups excluding carboxylic acids is 2. The molecule has 2 heterocycles. The Balaban J connectivity index is 2.09. The molecule has 0 radical (unpaired) electrons. The second-order valence-electron chi connectivity index (χ2n) is 8.08. The molecule has 3 rings (SSSR count). The minimum Gasteiger partial charge on any atom is -0.462 e. The van der Waals surface area contributed by atoms with E-state index < -0.39 is 0 Å². The van der Waals surface area contributed by atoms with Gasteiger partial charge in [0.2, 0.25) is 0 Å². The first-order valence-electron chi connectivity index (χ1n) is 9.24. The first kappa shape index (κ1) is 21.3. The minimum atomic E-state index is -0.383. The van der Waals surface area contributed by atoms with Crippen molar-refractivity contribution < 1.29 is 14.3 Å². The van der Waals surface area contributed by atoms with E-state index in [1.807, 2.05) is 18.2 Å². The van der Waals surface area contributed by atoms with Crippen molar-refractivity contribution in [1.29, 1.82) is 0 Å². The predicted octanol–water partition coefficient (Wildman–Crippen LogP) is 4.94. The molecule has 0 aliphatic carbocycles. The van der Waals surface area contributed by atoms with Crippen molar-refractivity contribution in [2.45, 2.75) is 52.1 Å². The highest BCUT2D eigenvalue weighted by atomic mass is 127. The lowest BCUT2D eigenvalue weighted by Crippen LogP contribution is -2.55. The first-order chi connectivity index (χ1) is 13.1. The summed E-state index contributed by atoms with van der Waals surface area (Å²) in [6, 6.07) is 7.39. The van der Waals surface area contributed by atoms with Crippen molar-refractivity contribution >= 4 is 50.8 Å². The largest absolute Gasteiger partial charge is 0.462 e. The van der Waals surface area contributed by atoms with Crippen LogP contribution in [0.4, 0.5) is 5.00 Å². The molecule has 0 unspecified atom stereocenters. The van der Waals surface area contributed by atoms with E-state index >= 15 is 0 Å². The van der Waals surface area contributed by atoms with Crippen LogP contribution < -0.4 is 10.6 Å². The molecule has 1 aliphatic rings. The third kappa shape index (κ3) is 4.11. The van der Waals surface area contributed by atoms with Crippen molar-refractivity contribution in [2.24, 2.45) is 0 Å². The standard InChI is InChI=1S/C21H25IN2O3S/c1-6-27-19(26)15-13-11-20(2,3)24-21(4,5)16(13)28-18(15)23-17(25)12-9-7-8-10-14(12)22/h7-10,24H,6,11H2,1-5H3,(H,23,25). The molecule has 0 atom stereocenters. The number of anilines is 1. The number of esters is 1. The van der Waals surface area contributed by atoms with Crippen molar-refractivity contribution in [3.8, 4) is 0 Å². The van der Waals surface area contributed by atoms with E-state index in [4.69, 9.17) is 4.74 Å². The van der Waals surface area contributed by atoms with E-state index in [2.05, 4.69) is 60.9 Å². The van der Waals surface area contributed by atoms with Crippen LogP contribution in [0, 0.1) is 3.57 Å². The van der Waals surface area contributed by atoms with Gasteiger partial charge in [-0.1, -0.05) is 12.1 Å². The topological polar surface area (TPSA) is 67.4 Å². The number of halogens is 1. The highest BCUT2D eigenvalue weighted by Crippen LogP contribution is 2.45. The van der Waals surface area contributed by atoms with E-state index in [1.165, 1.54) is 11.3 Å². The summed E-state index contributed by atoms with van der Waals surface area (Å²) < 4.78 is 6.20. The number of benzene rings is 1. The monoisotopic (exact) mass is 512 g/mol. The number of hydrogen-bond donors (Lipinski definition) is 2. The van der Waals surface area contributed by atoms with Crippen molar-refractivity contribution in [2.75, 3.05) is 11.9 Å². The molecular formula is C21H25IN2O3S. The summed E-state index contributed by atoms with van der Waals surface area (Å²) in [4.78, 5) is 26.8. The predicted molar refractivity (Wildman–Crippen MR) is 121 cm³/mol. The van der Waals surface area contributed by atoms with Gasteiger partial charge in [0, 0.05) is 19.5 Å². The normalized spacial score (nSPS) is 16.9. The Kier molecular flexibility index (Phi) is 5.89. The maximum Gasteiger partial charge on any atom is 0.341 e. The van der Waals surface area contributed by atoms with Crippen LogP contribution in [0.2, 0.25) is 0 Å². The van der Waals surface area contributed by atoms with Crippen LogP contribution in [0.1, 0.15) is 65.8 Å².